The second-order valence-electron chi connectivity index (χ2n) is 3.23. The molecule has 82 valence electrons. The van der Waals surface area contributed by atoms with Crippen LogP contribution in [0.25, 0.3) is 11.1 Å². The first kappa shape index (κ1) is 12.1. The van der Waals surface area contributed by atoms with E-state index in [1.165, 1.54) is 0 Å². The normalized spacial score (nSPS) is 10.5. The van der Waals surface area contributed by atoms with E-state index in [0.717, 1.165) is 11.1 Å². The Morgan fingerprint density at radius 1 is 0.750 bits per heavy atom. The van der Waals surface area contributed by atoms with Crippen molar-refractivity contribution in [1.82, 2.24) is 0 Å². The average Bonchev–Trinajstić information content (AvgIpc) is 2.26. The van der Waals surface area contributed by atoms with Crippen LogP contribution in [0.15, 0.2) is 36.4 Å². The summed E-state index contributed by atoms with van der Waals surface area (Å²) in [4.78, 5) is 0. The van der Waals surface area contributed by atoms with Crippen LogP contribution in [0.1, 0.15) is 0 Å². The molecule has 0 unspecified atom stereocenters. The summed E-state index contributed by atoms with van der Waals surface area (Å²) >= 11 is 23.9. The molecular formula is C12H6Cl4. The van der Waals surface area contributed by atoms with Gasteiger partial charge in [-0.2, -0.15) is 0 Å². The molecule has 16 heavy (non-hydrogen) atoms. The summed E-state index contributed by atoms with van der Waals surface area (Å²) in [6.07, 6.45) is 0. The third-order valence-electron chi connectivity index (χ3n) is 2.17. The lowest BCUT2D eigenvalue weighted by Crippen LogP contribution is -1.81. The van der Waals surface area contributed by atoms with E-state index in [2.05, 4.69) is 0 Å². The predicted octanol–water partition coefficient (Wildman–Crippen LogP) is 5.97. The summed E-state index contributed by atoms with van der Waals surface area (Å²) in [5.41, 5.74) is 1.73. The van der Waals surface area contributed by atoms with E-state index in [9.17, 15) is 0 Å². The average molecular weight is 292 g/mol. The van der Waals surface area contributed by atoms with E-state index in [-0.39, 0.29) is 0 Å². The molecule has 0 amide bonds. The molecule has 0 saturated heterocycles. The molecule has 2 aromatic rings. The summed E-state index contributed by atoms with van der Waals surface area (Å²) in [6, 6.07) is 10.9. The Morgan fingerprint density at radius 2 is 1.50 bits per heavy atom. The summed E-state index contributed by atoms with van der Waals surface area (Å²) in [5, 5.41) is 1.90. The highest BCUT2D eigenvalue weighted by Gasteiger charge is 2.10. The van der Waals surface area contributed by atoms with Gasteiger partial charge in [-0.25, -0.2) is 0 Å². The standard InChI is InChI=1S/C12H6Cl4/c13-8-3-1-2-7(6-8)9-4-5-10(14)12(16)11(9)15/h1-6H. The van der Waals surface area contributed by atoms with Crippen molar-refractivity contribution >= 4 is 46.4 Å². The van der Waals surface area contributed by atoms with Crippen LogP contribution in [-0.2, 0) is 0 Å². The minimum Gasteiger partial charge on any atom is -0.0843 e. The van der Waals surface area contributed by atoms with Crippen molar-refractivity contribution in [1.29, 1.82) is 0 Å². The first-order valence-electron chi connectivity index (χ1n) is 4.49. The zero-order valence-corrected chi connectivity index (χ0v) is 11.0. The Balaban J connectivity index is 2.61. The summed E-state index contributed by atoms with van der Waals surface area (Å²) in [6.45, 7) is 0. The van der Waals surface area contributed by atoms with Gasteiger partial charge in [0, 0.05) is 10.6 Å². The number of benzene rings is 2. The monoisotopic (exact) mass is 290 g/mol. The minimum atomic E-state index is 0.362. The second kappa shape index (κ2) is 4.85. The van der Waals surface area contributed by atoms with Crippen LogP contribution in [-0.4, -0.2) is 0 Å². The van der Waals surface area contributed by atoms with Crippen LogP contribution >= 0.6 is 46.4 Å². The molecule has 0 aromatic heterocycles. The highest BCUT2D eigenvalue weighted by molar-refractivity contribution is 6.49. The molecule has 2 aromatic carbocycles. The smallest absolute Gasteiger partial charge is 0.0784 e. The second-order valence-corrected chi connectivity index (χ2v) is 4.83. The molecule has 0 spiro atoms. The van der Waals surface area contributed by atoms with Crippen LogP contribution in [0.3, 0.4) is 0 Å². The van der Waals surface area contributed by atoms with Gasteiger partial charge in [0.05, 0.1) is 15.1 Å². The fourth-order valence-corrected chi connectivity index (χ4v) is 2.24. The van der Waals surface area contributed by atoms with E-state index < -0.39 is 0 Å². The summed E-state index contributed by atoms with van der Waals surface area (Å²) < 4.78 is 0. The SMILES string of the molecule is Clc1cccc(-c2ccc(Cl)c(Cl)c2Cl)c1. The molecule has 0 N–H and O–H groups in total. The molecule has 0 bridgehead atoms. The Bertz CT molecular complexity index is 535. The van der Waals surface area contributed by atoms with Gasteiger partial charge in [0.1, 0.15) is 0 Å². The van der Waals surface area contributed by atoms with E-state index in [0.29, 0.717) is 20.1 Å². The zero-order chi connectivity index (χ0) is 11.7. The van der Waals surface area contributed by atoms with E-state index in [4.69, 9.17) is 46.4 Å². The van der Waals surface area contributed by atoms with Crippen LogP contribution in [0, 0.1) is 0 Å². The summed E-state index contributed by atoms with van der Waals surface area (Å²) in [5.74, 6) is 0. The van der Waals surface area contributed by atoms with Crippen LogP contribution in [0.4, 0.5) is 0 Å². The number of hydrogen-bond acceptors (Lipinski definition) is 0. The molecule has 4 heteroatoms. The van der Waals surface area contributed by atoms with Crippen molar-refractivity contribution in [3.63, 3.8) is 0 Å². The third-order valence-corrected chi connectivity index (χ3v) is 3.70. The Kier molecular flexibility index (Phi) is 3.66. The van der Waals surface area contributed by atoms with Crippen LogP contribution in [0.2, 0.25) is 20.1 Å². The van der Waals surface area contributed by atoms with Crippen molar-refractivity contribution < 1.29 is 0 Å². The molecule has 0 aliphatic heterocycles. The Labute approximate surface area is 114 Å². The van der Waals surface area contributed by atoms with Gasteiger partial charge in [-0.1, -0.05) is 64.6 Å². The predicted molar refractivity (Wildman–Crippen MR) is 71.9 cm³/mol. The largest absolute Gasteiger partial charge is 0.0843 e. The van der Waals surface area contributed by atoms with Gasteiger partial charge >= 0.3 is 0 Å². The molecule has 0 fully saturated rings. The first-order chi connectivity index (χ1) is 7.59. The van der Waals surface area contributed by atoms with Crippen molar-refractivity contribution in [2.75, 3.05) is 0 Å². The van der Waals surface area contributed by atoms with Crippen molar-refractivity contribution in [2.24, 2.45) is 0 Å². The van der Waals surface area contributed by atoms with E-state index >= 15 is 0 Å². The molecular weight excluding hydrogens is 286 g/mol. The highest BCUT2D eigenvalue weighted by atomic mass is 35.5. The first-order valence-corrected chi connectivity index (χ1v) is 6.00. The lowest BCUT2D eigenvalue weighted by Gasteiger charge is -2.07. The van der Waals surface area contributed by atoms with Gasteiger partial charge < -0.3 is 0 Å². The molecule has 0 aliphatic carbocycles. The third kappa shape index (κ3) is 2.31. The lowest BCUT2D eigenvalue weighted by atomic mass is 10.1. The number of rotatable bonds is 1. The molecule has 2 rings (SSSR count). The van der Waals surface area contributed by atoms with E-state index in [1.54, 1.807) is 12.1 Å². The quantitative estimate of drug-likeness (QED) is 0.568. The van der Waals surface area contributed by atoms with Gasteiger partial charge in [-0.15, -0.1) is 0 Å². The van der Waals surface area contributed by atoms with Gasteiger partial charge in [0.25, 0.3) is 0 Å². The molecule has 0 radical (unpaired) electrons. The lowest BCUT2D eigenvalue weighted by molar-refractivity contribution is 1.61. The fourth-order valence-electron chi connectivity index (χ4n) is 1.40. The zero-order valence-electron chi connectivity index (χ0n) is 7.98. The number of hydrogen-bond donors (Lipinski definition) is 0. The van der Waals surface area contributed by atoms with Crippen LogP contribution < -0.4 is 0 Å². The Morgan fingerprint density at radius 3 is 2.19 bits per heavy atom. The van der Waals surface area contributed by atoms with Gasteiger partial charge in [-0.3, -0.25) is 0 Å². The molecule has 0 nitrogen and oxygen atoms in total. The van der Waals surface area contributed by atoms with Gasteiger partial charge in [0.2, 0.25) is 0 Å². The van der Waals surface area contributed by atoms with Crippen molar-refractivity contribution in [2.45, 2.75) is 0 Å². The van der Waals surface area contributed by atoms with Crippen molar-refractivity contribution in [3.05, 3.63) is 56.5 Å². The maximum Gasteiger partial charge on any atom is 0.0784 e. The Hall–Kier alpha value is -0.400. The highest BCUT2D eigenvalue weighted by Crippen LogP contribution is 2.38. The van der Waals surface area contributed by atoms with Crippen molar-refractivity contribution in [3.8, 4) is 11.1 Å². The summed E-state index contributed by atoms with van der Waals surface area (Å²) in [7, 11) is 0. The fraction of sp³-hybridized carbons (Fsp3) is 0. The maximum absolute atomic E-state index is 6.13. The van der Waals surface area contributed by atoms with Crippen LogP contribution in [0.5, 0.6) is 0 Å². The molecule has 0 heterocycles. The molecule has 0 aliphatic rings. The maximum atomic E-state index is 6.13. The molecule has 0 saturated carbocycles. The van der Waals surface area contributed by atoms with Gasteiger partial charge in [0.15, 0.2) is 0 Å². The van der Waals surface area contributed by atoms with E-state index in [1.807, 2.05) is 24.3 Å². The molecule has 0 atom stereocenters. The number of halogens is 4. The topological polar surface area (TPSA) is 0 Å². The van der Waals surface area contributed by atoms with Gasteiger partial charge in [-0.05, 0) is 23.8 Å². The minimum absolute atomic E-state index is 0.362.